The summed E-state index contributed by atoms with van der Waals surface area (Å²) in [6.45, 7) is 5.03. The maximum Gasteiger partial charge on any atom is 0.260 e. The van der Waals surface area contributed by atoms with Crippen molar-refractivity contribution in [2.75, 3.05) is 18.8 Å². The van der Waals surface area contributed by atoms with Gasteiger partial charge in [0.25, 0.3) is 5.17 Å². The number of rotatable bonds is 5. The van der Waals surface area contributed by atoms with E-state index in [0.29, 0.717) is 24.0 Å². The molecule has 2 rings (SSSR count). The molecule has 1 aromatic carbocycles. The van der Waals surface area contributed by atoms with E-state index in [1.165, 1.54) is 0 Å². The maximum atomic E-state index is 12.0. The lowest BCUT2D eigenvalue weighted by molar-refractivity contribution is 0.286. The molecule has 18 heavy (non-hydrogen) atoms. The molecule has 1 aromatic rings. The monoisotopic (exact) mass is 281 g/mol. The van der Waals surface area contributed by atoms with Crippen molar-refractivity contribution in [2.24, 2.45) is 0 Å². The molecule has 0 radical (unpaired) electrons. The van der Waals surface area contributed by atoms with E-state index in [2.05, 4.69) is 6.58 Å². The average Bonchev–Trinajstić information content (AvgIpc) is 2.77. The summed E-state index contributed by atoms with van der Waals surface area (Å²) < 4.78 is 17.4. The van der Waals surface area contributed by atoms with Gasteiger partial charge in [0, 0.05) is 17.2 Å². The third kappa shape index (κ3) is 3.17. The molecule has 0 amide bonds. The summed E-state index contributed by atoms with van der Waals surface area (Å²) in [7, 11) is -0.990. The molecule has 0 aromatic heterocycles. The minimum atomic E-state index is -0.990. The van der Waals surface area contributed by atoms with Crippen molar-refractivity contribution in [2.45, 2.75) is 11.0 Å². The first-order valence-corrected chi connectivity index (χ1v) is 7.45. The zero-order valence-electron chi connectivity index (χ0n) is 9.95. The Kier molecular flexibility index (Phi) is 4.49. The van der Waals surface area contributed by atoms with E-state index in [-0.39, 0.29) is 6.10 Å². The summed E-state index contributed by atoms with van der Waals surface area (Å²) in [5.41, 5.74) is 0. The van der Waals surface area contributed by atoms with Crippen molar-refractivity contribution in [3.63, 3.8) is 0 Å². The minimum Gasteiger partial charge on any atom is -0.461 e. The van der Waals surface area contributed by atoms with Crippen LogP contribution >= 0.6 is 12.2 Å². The van der Waals surface area contributed by atoms with E-state index in [0.717, 1.165) is 4.90 Å². The third-order valence-corrected chi connectivity index (χ3v) is 4.43. The van der Waals surface area contributed by atoms with Gasteiger partial charge in [0.05, 0.1) is 17.3 Å². The van der Waals surface area contributed by atoms with Gasteiger partial charge in [-0.15, -0.1) is 0 Å². The highest BCUT2D eigenvalue weighted by atomic mass is 32.2. The molecule has 1 heterocycles. The van der Waals surface area contributed by atoms with Gasteiger partial charge in [-0.2, -0.15) is 0 Å². The van der Waals surface area contributed by atoms with Gasteiger partial charge in [0.1, 0.15) is 6.10 Å². The largest absolute Gasteiger partial charge is 0.461 e. The number of ether oxygens (including phenoxy) is 1. The minimum absolute atomic E-state index is 0.0392. The Morgan fingerprint density at radius 1 is 1.50 bits per heavy atom. The van der Waals surface area contributed by atoms with Crippen LogP contribution in [0, 0.1) is 0 Å². The lowest BCUT2D eigenvalue weighted by Crippen LogP contribution is -2.29. The van der Waals surface area contributed by atoms with Crippen LogP contribution in [0.15, 0.2) is 47.9 Å². The smallest absolute Gasteiger partial charge is 0.260 e. The predicted molar refractivity (Wildman–Crippen MR) is 77.0 cm³/mol. The van der Waals surface area contributed by atoms with Gasteiger partial charge in [-0.05, 0) is 30.4 Å². The molecular formula is C13H15NO2S2. The number of hydrogen-bond acceptors (Lipinski definition) is 3. The third-order valence-electron chi connectivity index (χ3n) is 2.73. The summed E-state index contributed by atoms with van der Waals surface area (Å²) in [5.74, 6) is 0.553. The Bertz CT molecular complexity index is 461. The van der Waals surface area contributed by atoms with Crippen molar-refractivity contribution in [1.29, 1.82) is 0 Å². The van der Waals surface area contributed by atoms with Crippen molar-refractivity contribution >= 4 is 28.2 Å². The van der Waals surface area contributed by atoms with Gasteiger partial charge in [-0.1, -0.05) is 24.8 Å². The van der Waals surface area contributed by atoms with E-state index < -0.39 is 10.8 Å². The Balaban J connectivity index is 1.87. The van der Waals surface area contributed by atoms with Gasteiger partial charge in [0.2, 0.25) is 0 Å². The predicted octanol–water partition coefficient (Wildman–Crippen LogP) is 1.97. The van der Waals surface area contributed by atoms with Crippen LogP contribution in [0.25, 0.3) is 0 Å². The Morgan fingerprint density at radius 2 is 2.22 bits per heavy atom. The highest BCUT2D eigenvalue weighted by molar-refractivity contribution is 7.85. The Hall–Kier alpha value is -1.20. The van der Waals surface area contributed by atoms with Gasteiger partial charge in [-0.25, -0.2) is 0 Å². The molecular weight excluding hydrogens is 266 g/mol. The zero-order chi connectivity index (χ0) is 13.0. The molecule has 3 nitrogen and oxygen atoms in total. The SMILES string of the molecule is C=C[C@@H]1CN(CCS(=O)c2ccccc2)C(=S)O1. The van der Waals surface area contributed by atoms with Gasteiger partial charge in [-0.3, -0.25) is 4.21 Å². The second-order valence-corrected chi connectivity index (χ2v) is 5.89. The van der Waals surface area contributed by atoms with Gasteiger partial charge in [0.15, 0.2) is 0 Å². The van der Waals surface area contributed by atoms with Crippen LogP contribution in [0.5, 0.6) is 0 Å². The first kappa shape index (κ1) is 13.2. The molecule has 0 aliphatic carbocycles. The summed E-state index contributed by atoms with van der Waals surface area (Å²) in [6.07, 6.45) is 1.70. The van der Waals surface area contributed by atoms with E-state index >= 15 is 0 Å². The number of hydrogen-bond donors (Lipinski definition) is 0. The molecule has 0 saturated carbocycles. The number of nitrogens with zero attached hydrogens (tertiary/aromatic N) is 1. The molecule has 1 fully saturated rings. The average molecular weight is 281 g/mol. The molecule has 0 spiro atoms. The highest BCUT2D eigenvalue weighted by Gasteiger charge is 2.25. The van der Waals surface area contributed by atoms with Gasteiger partial charge < -0.3 is 9.64 Å². The Morgan fingerprint density at radius 3 is 2.83 bits per heavy atom. The summed E-state index contributed by atoms with van der Waals surface area (Å²) >= 11 is 5.11. The fraction of sp³-hybridized carbons (Fsp3) is 0.308. The van der Waals surface area contributed by atoms with Crippen LogP contribution in [0.4, 0.5) is 0 Å². The van der Waals surface area contributed by atoms with E-state index in [9.17, 15) is 4.21 Å². The molecule has 0 bridgehead atoms. The van der Waals surface area contributed by atoms with E-state index in [1.807, 2.05) is 35.2 Å². The first-order chi connectivity index (χ1) is 8.70. The number of thiocarbonyl (C=S) groups is 1. The Labute approximate surface area is 115 Å². The van der Waals surface area contributed by atoms with E-state index in [1.54, 1.807) is 6.08 Å². The van der Waals surface area contributed by atoms with Crippen molar-refractivity contribution in [3.8, 4) is 0 Å². The van der Waals surface area contributed by atoms with Crippen molar-refractivity contribution in [1.82, 2.24) is 4.90 Å². The lowest BCUT2D eigenvalue weighted by atomic mass is 10.3. The lowest BCUT2D eigenvalue weighted by Gasteiger charge is -2.14. The maximum absolute atomic E-state index is 12.0. The van der Waals surface area contributed by atoms with Crippen molar-refractivity contribution < 1.29 is 8.95 Å². The molecule has 0 N–H and O–H groups in total. The normalized spacial score (nSPS) is 20.6. The standard InChI is InChI=1S/C13H15NO2S2/c1-2-11-10-14(13(17)16-11)8-9-18(15)12-6-4-3-5-7-12/h2-7,11H,1,8-10H2/t11-,18?/m1/s1. The zero-order valence-corrected chi connectivity index (χ0v) is 11.6. The molecule has 1 aliphatic rings. The molecule has 5 heteroatoms. The van der Waals surface area contributed by atoms with Crippen LogP contribution in [0.2, 0.25) is 0 Å². The van der Waals surface area contributed by atoms with E-state index in [4.69, 9.17) is 17.0 Å². The van der Waals surface area contributed by atoms with Crippen LogP contribution < -0.4 is 0 Å². The van der Waals surface area contributed by atoms with Crippen LogP contribution in [-0.4, -0.2) is 39.2 Å². The topological polar surface area (TPSA) is 29.5 Å². The van der Waals surface area contributed by atoms with Crippen LogP contribution in [0.1, 0.15) is 0 Å². The van der Waals surface area contributed by atoms with Gasteiger partial charge >= 0.3 is 0 Å². The quantitative estimate of drug-likeness (QED) is 0.609. The molecule has 1 unspecified atom stereocenters. The van der Waals surface area contributed by atoms with Crippen LogP contribution in [0.3, 0.4) is 0 Å². The first-order valence-electron chi connectivity index (χ1n) is 5.72. The summed E-state index contributed by atoms with van der Waals surface area (Å²) in [6, 6.07) is 9.46. The summed E-state index contributed by atoms with van der Waals surface area (Å²) in [4.78, 5) is 2.78. The van der Waals surface area contributed by atoms with Crippen molar-refractivity contribution in [3.05, 3.63) is 43.0 Å². The fourth-order valence-electron chi connectivity index (χ4n) is 1.72. The summed E-state index contributed by atoms with van der Waals surface area (Å²) in [5, 5.41) is 0.477. The second-order valence-electron chi connectivity index (χ2n) is 3.97. The van der Waals surface area contributed by atoms with Crippen LogP contribution in [-0.2, 0) is 15.5 Å². The highest BCUT2D eigenvalue weighted by Crippen LogP contribution is 2.13. The molecule has 1 aliphatic heterocycles. The molecule has 2 atom stereocenters. The molecule has 96 valence electrons. The fourth-order valence-corrected chi connectivity index (χ4v) is 3.09. The molecule has 1 saturated heterocycles. The number of benzene rings is 1. The second kappa shape index (κ2) is 6.11.